The van der Waals surface area contributed by atoms with E-state index in [9.17, 15) is 5.11 Å². The van der Waals surface area contributed by atoms with Gasteiger partial charge >= 0.3 is 0 Å². The molecule has 3 unspecified atom stereocenters. The number of rotatable bonds is 4. The second-order valence-electron chi connectivity index (χ2n) is 4.03. The quantitative estimate of drug-likeness (QED) is 0.720. The van der Waals surface area contributed by atoms with Crippen LogP contribution in [0.3, 0.4) is 0 Å². The smallest absolute Gasteiger partial charge is 0.0626 e. The highest BCUT2D eigenvalue weighted by Crippen LogP contribution is 2.39. The van der Waals surface area contributed by atoms with Crippen LogP contribution in [0.2, 0.25) is 0 Å². The van der Waals surface area contributed by atoms with Crippen molar-refractivity contribution < 1.29 is 14.6 Å². The Morgan fingerprint density at radius 2 is 2.38 bits per heavy atom. The summed E-state index contributed by atoms with van der Waals surface area (Å²) < 4.78 is 10.7. The summed E-state index contributed by atoms with van der Waals surface area (Å²) in [5.74, 6) is 0. The average molecular weight is 188 g/mol. The first-order valence-electron chi connectivity index (χ1n) is 4.90. The van der Waals surface area contributed by atoms with Gasteiger partial charge in [0.2, 0.25) is 0 Å². The molecule has 78 valence electrons. The van der Waals surface area contributed by atoms with E-state index in [-0.39, 0.29) is 24.2 Å². The Kier molecular flexibility index (Phi) is 3.71. The summed E-state index contributed by atoms with van der Waals surface area (Å²) in [4.78, 5) is 0. The number of methoxy groups -OCH3 is 1. The fourth-order valence-corrected chi connectivity index (χ4v) is 2.02. The van der Waals surface area contributed by atoms with E-state index in [4.69, 9.17) is 9.47 Å². The number of aliphatic hydroxyl groups excluding tert-OH is 1. The third-order valence-corrected chi connectivity index (χ3v) is 3.24. The van der Waals surface area contributed by atoms with Crippen LogP contribution in [-0.2, 0) is 9.47 Å². The zero-order chi connectivity index (χ0) is 9.90. The lowest BCUT2D eigenvalue weighted by Gasteiger charge is -2.32. The van der Waals surface area contributed by atoms with E-state index in [1.807, 2.05) is 13.8 Å². The van der Waals surface area contributed by atoms with Crippen LogP contribution in [0.15, 0.2) is 0 Å². The molecule has 1 saturated heterocycles. The van der Waals surface area contributed by atoms with E-state index in [0.717, 1.165) is 19.4 Å². The molecule has 0 aromatic rings. The highest BCUT2D eigenvalue weighted by Gasteiger charge is 2.41. The summed E-state index contributed by atoms with van der Waals surface area (Å²) in [6.45, 7) is 5.02. The van der Waals surface area contributed by atoms with Gasteiger partial charge in [0, 0.05) is 19.1 Å². The van der Waals surface area contributed by atoms with Crippen molar-refractivity contribution in [3.8, 4) is 0 Å². The molecule has 0 aromatic heterocycles. The maximum Gasteiger partial charge on any atom is 0.0626 e. The van der Waals surface area contributed by atoms with Crippen molar-refractivity contribution in [2.24, 2.45) is 5.41 Å². The highest BCUT2D eigenvalue weighted by molar-refractivity contribution is 4.90. The van der Waals surface area contributed by atoms with Gasteiger partial charge < -0.3 is 14.6 Å². The SMILES string of the molecule is COC(C)CC1(CO)CCOC1C. The van der Waals surface area contributed by atoms with Crippen LogP contribution < -0.4 is 0 Å². The maximum atomic E-state index is 9.40. The minimum absolute atomic E-state index is 0.0740. The Morgan fingerprint density at radius 1 is 1.69 bits per heavy atom. The van der Waals surface area contributed by atoms with Gasteiger partial charge in [-0.2, -0.15) is 0 Å². The predicted molar refractivity (Wildman–Crippen MR) is 50.6 cm³/mol. The number of hydrogen-bond acceptors (Lipinski definition) is 3. The fourth-order valence-electron chi connectivity index (χ4n) is 2.02. The van der Waals surface area contributed by atoms with Gasteiger partial charge in [-0.3, -0.25) is 0 Å². The zero-order valence-corrected chi connectivity index (χ0v) is 8.75. The summed E-state index contributed by atoms with van der Waals surface area (Å²) in [5, 5.41) is 9.40. The van der Waals surface area contributed by atoms with Crippen molar-refractivity contribution in [2.45, 2.75) is 38.9 Å². The molecule has 3 nitrogen and oxygen atoms in total. The molecule has 0 bridgehead atoms. The van der Waals surface area contributed by atoms with E-state index in [2.05, 4.69) is 0 Å². The van der Waals surface area contributed by atoms with Gasteiger partial charge in [0.15, 0.2) is 0 Å². The average Bonchev–Trinajstić information content (AvgIpc) is 2.48. The van der Waals surface area contributed by atoms with Gasteiger partial charge in [0.05, 0.1) is 18.8 Å². The number of hydrogen-bond donors (Lipinski definition) is 1. The third kappa shape index (κ3) is 2.22. The second kappa shape index (κ2) is 4.40. The van der Waals surface area contributed by atoms with E-state index >= 15 is 0 Å². The summed E-state index contributed by atoms with van der Waals surface area (Å²) in [5.41, 5.74) is -0.0740. The van der Waals surface area contributed by atoms with Crippen molar-refractivity contribution in [2.75, 3.05) is 20.3 Å². The van der Waals surface area contributed by atoms with Gasteiger partial charge in [-0.1, -0.05) is 0 Å². The van der Waals surface area contributed by atoms with Gasteiger partial charge in [0.25, 0.3) is 0 Å². The first kappa shape index (κ1) is 11.0. The molecule has 1 rings (SSSR count). The molecule has 1 aliphatic heterocycles. The third-order valence-electron chi connectivity index (χ3n) is 3.24. The standard InChI is InChI=1S/C10H20O3/c1-8(12-3)6-10(7-11)4-5-13-9(10)2/h8-9,11H,4-7H2,1-3H3. The van der Waals surface area contributed by atoms with Crippen LogP contribution in [0.25, 0.3) is 0 Å². The van der Waals surface area contributed by atoms with Gasteiger partial charge in [-0.05, 0) is 26.7 Å². The molecule has 3 heteroatoms. The Hall–Kier alpha value is -0.120. The largest absolute Gasteiger partial charge is 0.396 e. The molecule has 1 heterocycles. The van der Waals surface area contributed by atoms with Gasteiger partial charge in [-0.25, -0.2) is 0 Å². The second-order valence-corrected chi connectivity index (χ2v) is 4.03. The van der Waals surface area contributed by atoms with Crippen molar-refractivity contribution in [1.29, 1.82) is 0 Å². The summed E-state index contributed by atoms with van der Waals surface area (Å²) in [6.07, 6.45) is 2.16. The zero-order valence-electron chi connectivity index (χ0n) is 8.75. The van der Waals surface area contributed by atoms with Crippen LogP contribution in [0.4, 0.5) is 0 Å². The van der Waals surface area contributed by atoms with Crippen molar-refractivity contribution >= 4 is 0 Å². The lowest BCUT2D eigenvalue weighted by Crippen LogP contribution is -2.36. The molecule has 1 aliphatic rings. The first-order valence-corrected chi connectivity index (χ1v) is 4.90. The molecular weight excluding hydrogens is 168 g/mol. The Labute approximate surface area is 80.0 Å². The maximum absolute atomic E-state index is 9.40. The Bertz CT molecular complexity index is 160. The molecule has 0 saturated carbocycles. The topological polar surface area (TPSA) is 38.7 Å². The number of ether oxygens (including phenoxy) is 2. The predicted octanol–water partition coefficient (Wildman–Crippen LogP) is 1.20. The lowest BCUT2D eigenvalue weighted by molar-refractivity contribution is -0.0142. The van der Waals surface area contributed by atoms with Gasteiger partial charge in [-0.15, -0.1) is 0 Å². The van der Waals surface area contributed by atoms with Crippen LogP contribution in [0.5, 0.6) is 0 Å². The normalized spacial score (nSPS) is 36.5. The Morgan fingerprint density at radius 3 is 2.77 bits per heavy atom. The van der Waals surface area contributed by atoms with Crippen molar-refractivity contribution in [3.05, 3.63) is 0 Å². The molecule has 0 radical (unpaired) electrons. The molecule has 1 N–H and O–H groups in total. The molecule has 13 heavy (non-hydrogen) atoms. The first-order chi connectivity index (χ1) is 6.14. The minimum Gasteiger partial charge on any atom is -0.396 e. The van der Waals surface area contributed by atoms with E-state index in [1.165, 1.54) is 0 Å². The monoisotopic (exact) mass is 188 g/mol. The van der Waals surface area contributed by atoms with Crippen molar-refractivity contribution in [3.63, 3.8) is 0 Å². The fraction of sp³-hybridized carbons (Fsp3) is 1.00. The molecule has 3 atom stereocenters. The molecule has 0 spiro atoms. The van der Waals surface area contributed by atoms with Gasteiger partial charge in [0.1, 0.15) is 0 Å². The van der Waals surface area contributed by atoms with Crippen LogP contribution in [-0.4, -0.2) is 37.6 Å². The summed E-state index contributed by atoms with van der Waals surface area (Å²) in [7, 11) is 1.70. The summed E-state index contributed by atoms with van der Waals surface area (Å²) in [6, 6.07) is 0. The summed E-state index contributed by atoms with van der Waals surface area (Å²) >= 11 is 0. The minimum atomic E-state index is -0.0740. The molecular formula is C10H20O3. The van der Waals surface area contributed by atoms with E-state index in [0.29, 0.717) is 0 Å². The molecule has 0 aliphatic carbocycles. The van der Waals surface area contributed by atoms with E-state index < -0.39 is 0 Å². The molecule has 1 fully saturated rings. The van der Waals surface area contributed by atoms with Crippen LogP contribution in [0.1, 0.15) is 26.7 Å². The Balaban J connectivity index is 2.58. The van der Waals surface area contributed by atoms with E-state index in [1.54, 1.807) is 7.11 Å². The van der Waals surface area contributed by atoms with Crippen molar-refractivity contribution in [1.82, 2.24) is 0 Å². The molecule has 0 amide bonds. The van der Waals surface area contributed by atoms with Crippen LogP contribution in [0, 0.1) is 5.41 Å². The lowest BCUT2D eigenvalue weighted by atomic mass is 9.78. The molecule has 0 aromatic carbocycles. The number of aliphatic hydroxyl groups is 1. The van der Waals surface area contributed by atoms with Crippen LogP contribution >= 0.6 is 0 Å². The highest BCUT2D eigenvalue weighted by atomic mass is 16.5.